The van der Waals surface area contributed by atoms with Gasteiger partial charge in [0.15, 0.2) is 0 Å². The summed E-state index contributed by atoms with van der Waals surface area (Å²) in [6, 6.07) is 12.0. The summed E-state index contributed by atoms with van der Waals surface area (Å²) in [6.45, 7) is 0. The van der Waals surface area contributed by atoms with Crippen molar-refractivity contribution in [1.82, 2.24) is 0 Å². The fourth-order valence-electron chi connectivity index (χ4n) is 1.98. The lowest BCUT2D eigenvalue weighted by atomic mass is 9.80. The molecule has 0 heterocycles. The van der Waals surface area contributed by atoms with E-state index in [-0.39, 0.29) is 0 Å². The topological polar surface area (TPSA) is 52.0 Å². The van der Waals surface area contributed by atoms with Crippen LogP contribution in [0.1, 0.15) is 0 Å². The molecule has 0 saturated heterocycles. The Balaban J connectivity index is 2.26. The van der Waals surface area contributed by atoms with E-state index in [1.807, 2.05) is 24.3 Å². The van der Waals surface area contributed by atoms with Crippen molar-refractivity contribution in [1.29, 1.82) is 0 Å². The third-order valence-electron chi connectivity index (χ3n) is 2.67. The van der Waals surface area contributed by atoms with Crippen molar-refractivity contribution in [3.8, 4) is 22.3 Å². The molecule has 2 aromatic rings. The molecule has 2 nitrogen and oxygen atoms in total. The molecule has 0 saturated carbocycles. The van der Waals surface area contributed by atoms with Gasteiger partial charge in [0.05, 0.1) is 0 Å². The maximum absolute atomic E-state index is 5.73. The number of hydrogen-bond acceptors (Lipinski definition) is 2. The number of hydrogen-bond donors (Lipinski definition) is 2. The van der Waals surface area contributed by atoms with Gasteiger partial charge in [-0.25, -0.2) is 0 Å². The van der Waals surface area contributed by atoms with Crippen molar-refractivity contribution in [3.05, 3.63) is 36.4 Å². The SMILES string of the molecule is Nc1ccc2c(c1)-c1cc(N)ccc1-2. The zero-order chi connectivity index (χ0) is 9.71. The summed E-state index contributed by atoms with van der Waals surface area (Å²) in [7, 11) is 0. The van der Waals surface area contributed by atoms with Crippen molar-refractivity contribution < 1.29 is 0 Å². The molecule has 0 unspecified atom stereocenters. The lowest BCUT2D eigenvalue weighted by Crippen LogP contribution is -2.00. The first-order valence-electron chi connectivity index (χ1n) is 4.55. The molecule has 0 aliphatic heterocycles. The first-order valence-corrected chi connectivity index (χ1v) is 4.55. The monoisotopic (exact) mass is 182 g/mol. The van der Waals surface area contributed by atoms with Gasteiger partial charge in [-0.2, -0.15) is 0 Å². The molecule has 68 valence electrons. The Bertz CT molecular complexity index is 480. The van der Waals surface area contributed by atoms with E-state index >= 15 is 0 Å². The van der Waals surface area contributed by atoms with Gasteiger partial charge < -0.3 is 11.5 Å². The Morgan fingerprint density at radius 3 is 1.43 bits per heavy atom. The van der Waals surface area contributed by atoms with Gasteiger partial charge in [-0.05, 0) is 46.5 Å². The highest BCUT2D eigenvalue weighted by Gasteiger charge is 2.21. The minimum atomic E-state index is 0.803. The van der Waals surface area contributed by atoms with Crippen LogP contribution in [0.4, 0.5) is 11.4 Å². The number of rotatable bonds is 0. The Kier molecular flexibility index (Phi) is 1.22. The Hall–Kier alpha value is -1.96. The van der Waals surface area contributed by atoms with Crippen LogP contribution in [-0.4, -0.2) is 0 Å². The van der Waals surface area contributed by atoms with Crippen LogP contribution in [0.15, 0.2) is 36.4 Å². The van der Waals surface area contributed by atoms with Crippen LogP contribution in [0.25, 0.3) is 22.3 Å². The number of nitrogen functional groups attached to an aromatic ring is 2. The molecule has 0 radical (unpaired) electrons. The van der Waals surface area contributed by atoms with E-state index in [4.69, 9.17) is 11.5 Å². The van der Waals surface area contributed by atoms with Gasteiger partial charge in [-0.15, -0.1) is 0 Å². The fraction of sp³-hybridized carbons (Fsp3) is 0. The summed E-state index contributed by atoms with van der Waals surface area (Å²) < 4.78 is 0. The van der Waals surface area contributed by atoms with E-state index < -0.39 is 0 Å². The molecular formula is C12H10N2. The maximum atomic E-state index is 5.73. The average Bonchev–Trinajstić information content (AvgIpc) is 2.17. The fourth-order valence-corrected chi connectivity index (χ4v) is 1.98. The second-order valence-corrected chi connectivity index (χ2v) is 3.61. The molecule has 0 spiro atoms. The Labute approximate surface area is 82.2 Å². The summed E-state index contributed by atoms with van der Waals surface area (Å²) in [4.78, 5) is 0. The smallest absolute Gasteiger partial charge is 0.0320 e. The molecule has 0 aromatic heterocycles. The first-order chi connectivity index (χ1) is 6.75. The molecule has 0 bridgehead atoms. The molecule has 0 atom stereocenters. The third kappa shape index (κ3) is 0.799. The number of benzene rings is 2. The summed E-state index contributed by atoms with van der Waals surface area (Å²) in [5, 5.41) is 0. The quantitative estimate of drug-likeness (QED) is 0.525. The normalized spacial score (nSPS) is 11.4. The second kappa shape index (κ2) is 2.29. The van der Waals surface area contributed by atoms with Gasteiger partial charge in [0.25, 0.3) is 0 Å². The zero-order valence-electron chi connectivity index (χ0n) is 7.62. The highest BCUT2D eigenvalue weighted by atomic mass is 14.6. The predicted molar refractivity (Wildman–Crippen MR) is 59.7 cm³/mol. The molecule has 0 amide bonds. The van der Waals surface area contributed by atoms with E-state index in [9.17, 15) is 0 Å². The van der Waals surface area contributed by atoms with Crippen LogP contribution in [0.2, 0.25) is 0 Å². The van der Waals surface area contributed by atoms with Crippen LogP contribution in [0.5, 0.6) is 0 Å². The summed E-state index contributed by atoms with van der Waals surface area (Å²) >= 11 is 0. The van der Waals surface area contributed by atoms with Gasteiger partial charge in [-0.3, -0.25) is 0 Å². The predicted octanol–water partition coefficient (Wildman–Crippen LogP) is 2.50. The molecule has 3 rings (SSSR count). The second-order valence-electron chi connectivity index (χ2n) is 3.61. The van der Waals surface area contributed by atoms with Crippen molar-refractivity contribution in [2.24, 2.45) is 0 Å². The van der Waals surface area contributed by atoms with Crippen LogP contribution >= 0.6 is 0 Å². The number of fused-ring (bicyclic) bond motifs is 4. The molecule has 1 aliphatic rings. The molecule has 2 heteroatoms. The highest BCUT2D eigenvalue weighted by Crippen LogP contribution is 2.48. The standard InChI is InChI=1S/C12H10N2/c13-7-1-3-9-10-4-2-8(14)6-12(10)11(9)5-7/h1-6H,13-14H2. The third-order valence-corrected chi connectivity index (χ3v) is 2.67. The van der Waals surface area contributed by atoms with E-state index in [1.54, 1.807) is 0 Å². The molecule has 14 heavy (non-hydrogen) atoms. The molecule has 1 aliphatic carbocycles. The Morgan fingerprint density at radius 2 is 1.00 bits per heavy atom. The van der Waals surface area contributed by atoms with Crippen LogP contribution < -0.4 is 11.5 Å². The van der Waals surface area contributed by atoms with Crippen molar-refractivity contribution in [2.75, 3.05) is 11.5 Å². The van der Waals surface area contributed by atoms with Gasteiger partial charge >= 0.3 is 0 Å². The number of nitrogens with two attached hydrogens (primary N) is 2. The van der Waals surface area contributed by atoms with Crippen molar-refractivity contribution in [2.45, 2.75) is 0 Å². The number of anilines is 2. The summed E-state index contributed by atoms with van der Waals surface area (Å²) in [6.07, 6.45) is 0. The summed E-state index contributed by atoms with van der Waals surface area (Å²) in [5.41, 5.74) is 18.0. The molecule has 0 fully saturated rings. The van der Waals surface area contributed by atoms with E-state index in [0.29, 0.717) is 0 Å². The van der Waals surface area contributed by atoms with E-state index in [2.05, 4.69) is 12.1 Å². The highest BCUT2D eigenvalue weighted by molar-refractivity contribution is 6.04. The maximum Gasteiger partial charge on any atom is 0.0320 e. The lowest BCUT2D eigenvalue weighted by Gasteiger charge is -2.24. The summed E-state index contributed by atoms with van der Waals surface area (Å²) in [5.74, 6) is 0. The van der Waals surface area contributed by atoms with Gasteiger partial charge in [0.1, 0.15) is 0 Å². The lowest BCUT2D eigenvalue weighted by molar-refractivity contribution is 1.52. The Morgan fingerprint density at radius 1 is 0.571 bits per heavy atom. The van der Waals surface area contributed by atoms with E-state index in [1.165, 1.54) is 22.3 Å². The minimum absolute atomic E-state index is 0.803. The molecular weight excluding hydrogens is 172 g/mol. The van der Waals surface area contributed by atoms with Crippen LogP contribution in [0.3, 0.4) is 0 Å². The van der Waals surface area contributed by atoms with Crippen LogP contribution in [-0.2, 0) is 0 Å². The van der Waals surface area contributed by atoms with Crippen LogP contribution in [0, 0.1) is 0 Å². The first kappa shape index (κ1) is 7.44. The van der Waals surface area contributed by atoms with Gasteiger partial charge in [-0.1, -0.05) is 12.1 Å². The average molecular weight is 182 g/mol. The largest absolute Gasteiger partial charge is 0.399 e. The van der Waals surface area contributed by atoms with Gasteiger partial charge in [0.2, 0.25) is 0 Å². The van der Waals surface area contributed by atoms with Gasteiger partial charge in [0, 0.05) is 11.4 Å². The minimum Gasteiger partial charge on any atom is -0.399 e. The van der Waals surface area contributed by atoms with Crippen molar-refractivity contribution in [3.63, 3.8) is 0 Å². The van der Waals surface area contributed by atoms with Crippen molar-refractivity contribution >= 4 is 11.4 Å². The molecule has 4 N–H and O–H groups in total. The van der Waals surface area contributed by atoms with E-state index in [0.717, 1.165) is 11.4 Å². The molecule has 2 aromatic carbocycles. The zero-order valence-corrected chi connectivity index (χ0v) is 7.62.